The van der Waals surface area contributed by atoms with Gasteiger partial charge in [0.15, 0.2) is 6.10 Å². The molecule has 1 atom stereocenters. The van der Waals surface area contributed by atoms with Crippen LogP contribution in [0.25, 0.3) is 22.2 Å². The Balaban J connectivity index is 1.46. The molecule has 3 aromatic heterocycles. The largest absolute Gasteiger partial charge is 0.490 e. The van der Waals surface area contributed by atoms with E-state index >= 15 is 0 Å². The maximum atomic E-state index is 11.6. The second kappa shape index (κ2) is 9.47. The molecule has 180 valence electrons. The summed E-state index contributed by atoms with van der Waals surface area (Å²) in [5.41, 5.74) is 8.39. The lowest BCUT2D eigenvalue weighted by atomic mass is 10.1. The van der Waals surface area contributed by atoms with Crippen LogP contribution in [-0.2, 0) is 4.74 Å². The number of aromatic amines is 1. The highest BCUT2D eigenvalue weighted by Gasteiger charge is 2.28. The van der Waals surface area contributed by atoms with Crippen LogP contribution in [0.4, 0.5) is 4.79 Å². The lowest BCUT2D eigenvalue weighted by Gasteiger charge is -2.34. The summed E-state index contributed by atoms with van der Waals surface area (Å²) in [4.78, 5) is 28.6. The smallest absolute Gasteiger partial charge is 0.405 e. The maximum Gasteiger partial charge on any atom is 0.405 e. The van der Waals surface area contributed by atoms with Gasteiger partial charge in [-0.3, -0.25) is 4.90 Å². The van der Waals surface area contributed by atoms with E-state index in [0.717, 1.165) is 61.3 Å². The molecule has 2 aliphatic rings. The molecule has 0 radical (unpaired) electrons. The highest BCUT2D eigenvalue weighted by molar-refractivity contribution is 5.96. The SMILES string of the molecule is COc1nccc(OC2CC2)c1-c1c[nH]c2nc(C(CN3CCN(C)CC3)OC(N)=O)ccc12. The summed E-state index contributed by atoms with van der Waals surface area (Å²) in [6.45, 7) is 4.27. The average molecular weight is 467 g/mol. The number of H-pyrrole nitrogens is 1. The quantitative estimate of drug-likeness (QED) is 0.520. The highest BCUT2D eigenvalue weighted by Crippen LogP contribution is 2.42. The Morgan fingerprint density at radius 1 is 1.24 bits per heavy atom. The number of carbonyl (C=O) groups is 1. The molecule has 3 aromatic rings. The summed E-state index contributed by atoms with van der Waals surface area (Å²) in [6, 6.07) is 5.72. The van der Waals surface area contributed by atoms with Crippen LogP contribution in [0.3, 0.4) is 0 Å². The first-order chi connectivity index (χ1) is 16.5. The van der Waals surface area contributed by atoms with Crippen molar-refractivity contribution >= 4 is 17.1 Å². The molecular formula is C24H30N6O4. The Morgan fingerprint density at radius 2 is 2.03 bits per heavy atom. The number of nitrogens with zero attached hydrogens (tertiary/aromatic N) is 4. The first-order valence-corrected chi connectivity index (χ1v) is 11.6. The number of rotatable bonds is 8. The number of aromatic nitrogens is 3. The minimum atomic E-state index is -0.810. The second-order valence-corrected chi connectivity index (χ2v) is 8.87. The van der Waals surface area contributed by atoms with Crippen molar-refractivity contribution in [3.63, 3.8) is 0 Å². The van der Waals surface area contributed by atoms with Gasteiger partial charge in [0.1, 0.15) is 11.4 Å². The topological polar surface area (TPSA) is 119 Å². The van der Waals surface area contributed by atoms with Gasteiger partial charge in [0.2, 0.25) is 5.88 Å². The van der Waals surface area contributed by atoms with Gasteiger partial charge in [0.25, 0.3) is 0 Å². The first kappa shape index (κ1) is 22.4. The third kappa shape index (κ3) is 4.78. The monoisotopic (exact) mass is 466 g/mol. The number of hydrogen-bond acceptors (Lipinski definition) is 8. The van der Waals surface area contributed by atoms with Crippen LogP contribution >= 0.6 is 0 Å². The first-order valence-electron chi connectivity index (χ1n) is 11.6. The zero-order chi connectivity index (χ0) is 23.7. The van der Waals surface area contributed by atoms with E-state index in [1.54, 1.807) is 13.3 Å². The van der Waals surface area contributed by atoms with Crippen molar-refractivity contribution in [2.75, 3.05) is 46.9 Å². The molecule has 1 saturated heterocycles. The van der Waals surface area contributed by atoms with Gasteiger partial charge in [-0.2, -0.15) is 0 Å². The lowest BCUT2D eigenvalue weighted by Crippen LogP contribution is -2.46. The van der Waals surface area contributed by atoms with E-state index in [1.165, 1.54) is 0 Å². The summed E-state index contributed by atoms with van der Waals surface area (Å²) in [5.74, 6) is 1.23. The second-order valence-electron chi connectivity index (χ2n) is 8.87. The van der Waals surface area contributed by atoms with E-state index in [2.05, 4.69) is 26.8 Å². The van der Waals surface area contributed by atoms with Gasteiger partial charge in [0.05, 0.1) is 24.5 Å². The number of methoxy groups -OCH3 is 1. The number of nitrogens with two attached hydrogens (primary N) is 1. The molecule has 2 fully saturated rings. The zero-order valence-electron chi connectivity index (χ0n) is 19.5. The van der Waals surface area contributed by atoms with Crippen LogP contribution in [0.5, 0.6) is 11.6 Å². The maximum absolute atomic E-state index is 11.6. The fourth-order valence-electron chi connectivity index (χ4n) is 4.29. The van der Waals surface area contributed by atoms with E-state index in [9.17, 15) is 4.79 Å². The van der Waals surface area contributed by atoms with Gasteiger partial charge in [-0.25, -0.2) is 14.8 Å². The van der Waals surface area contributed by atoms with Crippen LogP contribution in [0.2, 0.25) is 0 Å². The molecule has 1 aliphatic carbocycles. The number of fused-ring (bicyclic) bond motifs is 1. The molecule has 4 heterocycles. The van der Waals surface area contributed by atoms with Crippen LogP contribution in [0.15, 0.2) is 30.6 Å². The summed E-state index contributed by atoms with van der Waals surface area (Å²) in [5, 5.41) is 0.896. The molecule has 1 amide bonds. The van der Waals surface area contributed by atoms with Gasteiger partial charge in [-0.05, 0) is 38.1 Å². The number of pyridine rings is 2. The number of carbonyl (C=O) groups excluding carboxylic acids is 1. The van der Waals surface area contributed by atoms with Crippen molar-refractivity contribution < 1.29 is 19.0 Å². The molecule has 0 bridgehead atoms. The zero-order valence-corrected chi connectivity index (χ0v) is 19.5. The number of primary amides is 1. The molecule has 5 rings (SSSR count). The minimum Gasteiger partial charge on any atom is -0.490 e. The Labute approximate surface area is 198 Å². The molecule has 1 aliphatic heterocycles. The molecule has 34 heavy (non-hydrogen) atoms. The number of nitrogens with one attached hydrogen (secondary N) is 1. The average Bonchev–Trinajstić information content (AvgIpc) is 3.55. The fourth-order valence-corrected chi connectivity index (χ4v) is 4.29. The molecule has 3 N–H and O–H groups in total. The van der Waals surface area contributed by atoms with Gasteiger partial charge < -0.3 is 29.8 Å². The number of hydrogen-bond donors (Lipinski definition) is 2. The van der Waals surface area contributed by atoms with Crippen LogP contribution in [0, 0.1) is 0 Å². The van der Waals surface area contributed by atoms with Gasteiger partial charge >= 0.3 is 6.09 Å². The number of likely N-dealkylation sites (N-methyl/N-ethyl adjacent to an activating group) is 1. The lowest BCUT2D eigenvalue weighted by molar-refractivity contribution is 0.0570. The number of piperazine rings is 1. The molecule has 1 saturated carbocycles. The van der Waals surface area contributed by atoms with Crippen LogP contribution in [0.1, 0.15) is 24.6 Å². The van der Waals surface area contributed by atoms with Gasteiger partial charge in [-0.15, -0.1) is 0 Å². The van der Waals surface area contributed by atoms with Crippen molar-refractivity contribution in [2.45, 2.75) is 25.0 Å². The molecule has 0 spiro atoms. The summed E-state index contributed by atoms with van der Waals surface area (Å²) >= 11 is 0. The summed E-state index contributed by atoms with van der Waals surface area (Å²) in [6.07, 6.45) is 4.55. The number of ether oxygens (including phenoxy) is 3. The fraction of sp³-hybridized carbons (Fsp3) is 0.458. The van der Waals surface area contributed by atoms with Crippen molar-refractivity contribution in [3.8, 4) is 22.8 Å². The van der Waals surface area contributed by atoms with Gasteiger partial charge in [-0.1, -0.05) is 0 Å². The molecule has 1 unspecified atom stereocenters. The van der Waals surface area contributed by atoms with Crippen molar-refractivity contribution in [2.24, 2.45) is 5.73 Å². The Bertz CT molecular complexity index is 1170. The Hall–Kier alpha value is -3.37. The van der Waals surface area contributed by atoms with Crippen LogP contribution in [-0.4, -0.2) is 83.8 Å². The third-order valence-electron chi connectivity index (χ3n) is 6.33. The van der Waals surface area contributed by atoms with E-state index in [4.69, 9.17) is 24.9 Å². The third-order valence-corrected chi connectivity index (χ3v) is 6.33. The summed E-state index contributed by atoms with van der Waals surface area (Å²) < 4.78 is 17.2. The number of amides is 1. The highest BCUT2D eigenvalue weighted by atomic mass is 16.6. The molecular weight excluding hydrogens is 436 g/mol. The van der Waals surface area contributed by atoms with E-state index in [1.807, 2.05) is 24.4 Å². The Kier molecular flexibility index (Phi) is 6.25. The summed E-state index contributed by atoms with van der Waals surface area (Å²) in [7, 11) is 3.70. The van der Waals surface area contributed by atoms with Crippen LogP contribution < -0.4 is 15.2 Å². The van der Waals surface area contributed by atoms with Crippen molar-refractivity contribution in [1.82, 2.24) is 24.8 Å². The van der Waals surface area contributed by atoms with E-state index in [0.29, 0.717) is 23.8 Å². The molecule has 0 aromatic carbocycles. The Morgan fingerprint density at radius 3 is 2.74 bits per heavy atom. The minimum absolute atomic E-state index is 0.238. The molecule has 10 nitrogen and oxygen atoms in total. The standard InChI is InChI=1S/C24H30N6O4/c1-29-9-11-30(12-10-29)14-20(34-24(25)31)18-6-5-16-17(13-27-22(16)28-18)21-19(33-15-3-4-15)7-8-26-23(21)32-2/h5-8,13,15,20H,3-4,9-12,14H2,1-2H3,(H2,25,31)(H,27,28). The normalized spacial score (nSPS) is 18.1. The predicted molar refractivity (Wildman–Crippen MR) is 127 cm³/mol. The van der Waals surface area contributed by atoms with Gasteiger partial charge in [0, 0.05) is 56.1 Å². The predicted octanol–water partition coefficient (Wildman–Crippen LogP) is 2.56. The van der Waals surface area contributed by atoms with Crippen molar-refractivity contribution in [1.29, 1.82) is 0 Å². The van der Waals surface area contributed by atoms with E-state index in [-0.39, 0.29) is 6.10 Å². The molecule has 10 heteroatoms. The van der Waals surface area contributed by atoms with E-state index < -0.39 is 12.2 Å². The van der Waals surface area contributed by atoms with Crippen molar-refractivity contribution in [3.05, 3.63) is 36.3 Å².